The highest BCUT2D eigenvalue weighted by Gasteiger charge is 2.38. The number of H-pyrrole nitrogens is 1. The van der Waals surface area contributed by atoms with Crippen molar-refractivity contribution in [2.75, 3.05) is 13.1 Å². The second-order valence-corrected chi connectivity index (χ2v) is 5.20. The van der Waals surface area contributed by atoms with Gasteiger partial charge in [0, 0.05) is 13.1 Å². The Balaban J connectivity index is 1.58. The fourth-order valence-corrected chi connectivity index (χ4v) is 2.91. The predicted octanol–water partition coefficient (Wildman–Crippen LogP) is -0.455. The monoisotopic (exact) mass is 291 g/mol. The largest absolute Gasteiger partial charge is 0.373 e. The zero-order valence-electron chi connectivity index (χ0n) is 11.1. The third kappa shape index (κ3) is 1.97. The van der Waals surface area contributed by atoms with Gasteiger partial charge in [-0.15, -0.1) is 5.10 Å². The highest BCUT2D eigenvalue weighted by Crippen LogP contribution is 2.30. The van der Waals surface area contributed by atoms with Crippen LogP contribution in [0.3, 0.4) is 0 Å². The number of aromatic amines is 1. The molecule has 0 saturated carbocycles. The van der Waals surface area contributed by atoms with Crippen LogP contribution in [0.4, 0.5) is 0 Å². The molecule has 2 aromatic heterocycles. The minimum Gasteiger partial charge on any atom is -0.373 e. The molecule has 2 aliphatic heterocycles. The van der Waals surface area contributed by atoms with Crippen LogP contribution < -0.4 is 5.56 Å². The summed E-state index contributed by atoms with van der Waals surface area (Å²) in [4.78, 5) is 25.0. The van der Waals surface area contributed by atoms with E-state index in [0.29, 0.717) is 26.1 Å². The van der Waals surface area contributed by atoms with Crippen LogP contribution in [0.25, 0.3) is 0 Å². The summed E-state index contributed by atoms with van der Waals surface area (Å²) >= 11 is 0. The average molecular weight is 291 g/mol. The van der Waals surface area contributed by atoms with Gasteiger partial charge in [0.25, 0.3) is 11.5 Å². The van der Waals surface area contributed by atoms with Gasteiger partial charge in [-0.1, -0.05) is 5.21 Å². The van der Waals surface area contributed by atoms with E-state index >= 15 is 0 Å². The number of hydrogen-bond acceptors (Lipinski definition) is 6. The first-order chi connectivity index (χ1) is 10.2. The Morgan fingerprint density at radius 1 is 1.48 bits per heavy atom. The number of ether oxygens (including phenoxy) is 1. The zero-order chi connectivity index (χ0) is 14.4. The Hall–Kier alpha value is -2.42. The normalized spacial score (nSPS) is 24.5. The van der Waals surface area contributed by atoms with Gasteiger partial charge in [0.15, 0.2) is 0 Å². The van der Waals surface area contributed by atoms with Crippen LogP contribution in [0.1, 0.15) is 28.7 Å². The molecule has 2 atom stereocenters. The highest BCUT2D eigenvalue weighted by atomic mass is 16.5. The van der Waals surface area contributed by atoms with Gasteiger partial charge in [0.1, 0.15) is 0 Å². The molecule has 110 valence electrons. The number of nitrogens with zero attached hydrogens (tertiary/aromatic N) is 4. The lowest BCUT2D eigenvalue weighted by Gasteiger charge is -2.40. The van der Waals surface area contributed by atoms with Crippen molar-refractivity contribution in [1.82, 2.24) is 25.1 Å². The van der Waals surface area contributed by atoms with Crippen LogP contribution in [0.2, 0.25) is 0 Å². The SMILES string of the molecule is O=C(c1cc(=O)[nH]o1)N1CC[C@@H]2OCc3cnnn3[C@H]2C1. The molecule has 4 heterocycles. The summed E-state index contributed by atoms with van der Waals surface area (Å²) in [5.41, 5.74) is 0.478. The molecular weight excluding hydrogens is 278 g/mol. The standard InChI is InChI=1S/C12H13N5O4/c18-11-3-10(21-14-11)12(19)16-2-1-9-8(5-16)17-7(6-20-9)4-13-15-17/h3-4,8-9H,1-2,5-6H2,(H,14,18)/t8-,9-/m0/s1. The van der Waals surface area contributed by atoms with Crippen molar-refractivity contribution in [2.24, 2.45) is 0 Å². The van der Waals surface area contributed by atoms with Crippen LogP contribution >= 0.6 is 0 Å². The highest BCUT2D eigenvalue weighted by molar-refractivity contribution is 5.91. The van der Waals surface area contributed by atoms with Gasteiger partial charge in [-0.05, 0) is 6.42 Å². The molecule has 0 unspecified atom stereocenters. The number of nitrogens with one attached hydrogen (secondary N) is 1. The van der Waals surface area contributed by atoms with Crippen LogP contribution in [0, 0.1) is 0 Å². The first-order valence-corrected chi connectivity index (χ1v) is 6.71. The van der Waals surface area contributed by atoms with Crippen LogP contribution in [0.15, 0.2) is 21.6 Å². The first-order valence-electron chi connectivity index (χ1n) is 6.71. The number of aromatic nitrogens is 4. The van der Waals surface area contributed by atoms with Gasteiger partial charge in [-0.25, -0.2) is 4.68 Å². The molecule has 4 rings (SSSR count). The third-order valence-electron chi connectivity index (χ3n) is 3.95. The maximum absolute atomic E-state index is 12.3. The van der Waals surface area contributed by atoms with Gasteiger partial charge in [-0.2, -0.15) is 5.16 Å². The van der Waals surface area contributed by atoms with E-state index in [1.165, 1.54) is 0 Å². The van der Waals surface area contributed by atoms with Crippen molar-refractivity contribution in [1.29, 1.82) is 0 Å². The Labute approximate surface area is 118 Å². The van der Waals surface area contributed by atoms with Crippen molar-refractivity contribution < 1.29 is 14.1 Å². The molecule has 0 bridgehead atoms. The maximum Gasteiger partial charge on any atom is 0.292 e. The van der Waals surface area contributed by atoms with E-state index in [0.717, 1.165) is 11.8 Å². The third-order valence-corrected chi connectivity index (χ3v) is 3.95. The zero-order valence-corrected chi connectivity index (χ0v) is 11.1. The van der Waals surface area contributed by atoms with Crippen molar-refractivity contribution in [3.63, 3.8) is 0 Å². The lowest BCUT2D eigenvalue weighted by Crippen LogP contribution is -2.49. The number of piperidine rings is 1. The van der Waals surface area contributed by atoms with Crippen LogP contribution in [-0.4, -0.2) is 50.2 Å². The van der Waals surface area contributed by atoms with Gasteiger partial charge >= 0.3 is 0 Å². The maximum atomic E-state index is 12.3. The molecule has 1 amide bonds. The summed E-state index contributed by atoms with van der Waals surface area (Å²) in [5.74, 6) is -0.284. The van der Waals surface area contributed by atoms with Crippen LogP contribution in [-0.2, 0) is 11.3 Å². The molecule has 0 spiro atoms. The average Bonchev–Trinajstić information content (AvgIpc) is 3.14. The predicted molar refractivity (Wildman–Crippen MR) is 67.5 cm³/mol. The summed E-state index contributed by atoms with van der Waals surface area (Å²) in [6.07, 6.45) is 2.41. The summed E-state index contributed by atoms with van der Waals surface area (Å²) in [6.45, 7) is 1.50. The van der Waals surface area contributed by atoms with E-state index in [4.69, 9.17) is 9.26 Å². The second kappa shape index (κ2) is 4.55. The first kappa shape index (κ1) is 12.3. The van der Waals surface area contributed by atoms with E-state index in [1.54, 1.807) is 11.1 Å². The summed E-state index contributed by atoms with van der Waals surface area (Å²) < 4.78 is 12.5. The smallest absolute Gasteiger partial charge is 0.292 e. The number of rotatable bonds is 1. The molecule has 9 heteroatoms. The molecule has 1 saturated heterocycles. The van der Waals surface area contributed by atoms with Crippen LogP contribution in [0.5, 0.6) is 0 Å². The number of carbonyl (C=O) groups is 1. The van der Waals surface area contributed by atoms with Gasteiger partial charge in [-0.3, -0.25) is 9.59 Å². The molecule has 0 aliphatic carbocycles. The molecule has 0 radical (unpaired) electrons. The minimum absolute atomic E-state index is 0.0222. The van der Waals surface area contributed by atoms with Crippen molar-refractivity contribution in [3.8, 4) is 0 Å². The number of carbonyl (C=O) groups excluding carboxylic acids is 1. The van der Waals surface area contributed by atoms with Gasteiger partial charge < -0.3 is 14.2 Å². The van der Waals surface area contributed by atoms with E-state index in [-0.39, 0.29) is 23.8 Å². The Morgan fingerprint density at radius 3 is 3.19 bits per heavy atom. The summed E-state index contributed by atoms with van der Waals surface area (Å²) in [6, 6.07) is 1.10. The quantitative estimate of drug-likeness (QED) is 0.762. The van der Waals surface area contributed by atoms with E-state index < -0.39 is 5.56 Å². The van der Waals surface area contributed by atoms with Crippen molar-refractivity contribution >= 4 is 5.91 Å². The molecule has 2 aromatic rings. The molecular formula is C12H13N5O4. The summed E-state index contributed by atoms with van der Waals surface area (Å²) in [7, 11) is 0. The number of hydrogen-bond donors (Lipinski definition) is 1. The topological polar surface area (TPSA) is 106 Å². The van der Waals surface area contributed by atoms with E-state index in [9.17, 15) is 9.59 Å². The summed E-state index contributed by atoms with van der Waals surface area (Å²) in [5, 5.41) is 10.1. The Kier molecular flexibility index (Phi) is 2.67. The molecule has 1 N–H and O–H groups in total. The molecule has 9 nitrogen and oxygen atoms in total. The van der Waals surface area contributed by atoms with Crippen molar-refractivity contribution in [3.05, 3.63) is 34.1 Å². The molecule has 1 fully saturated rings. The molecule has 21 heavy (non-hydrogen) atoms. The fourth-order valence-electron chi connectivity index (χ4n) is 2.91. The Morgan fingerprint density at radius 2 is 2.38 bits per heavy atom. The van der Waals surface area contributed by atoms with Gasteiger partial charge in [0.2, 0.25) is 5.76 Å². The Bertz CT molecular complexity index is 732. The minimum atomic E-state index is -0.423. The number of fused-ring (bicyclic) bond motifs is 3. The fraction of sp³-hybridized carbons (Fsp3) is 0.500. The van der Waals surface area contributed by atoms with E-state index in [2.05, 4.69) is 15.5 Å². The van der Waals surface area contributed by atoms with Gasteiger partial charge in [0.05, 0.1) is 36.7 Å². The number of likely N-dealkylation sites (tertiary alicyclic amines) is 1. The number of amides is 1. The van der Waals surface area contributed by atoms with E-state index in [1.807, 2.05) is 4.68 Å². The van der Waals surface area contributed by atoms with Crippen molar-refractivity contribution in [2.45, 2.75) is 25.2 Å². The molecule has 0 aromatic carbocycles. The lowest BCUT2D eigenvalue weighted by atomic mass is 10.00. The lowest BCUT2D eigenvalue weighted by molar-refractivity contribution is -0.0609. The molecule has 2 aliphatic rings. The second-order valence-electron chi connectivity index (χ2n) is 5.20.